The van der Waals surface area contributed by atoms with Gasteiger partial charge in [-0.3, -0.25) is 4.79 Å². The second kappa shape index (κ2) is 9.75. The van der Waals surface area contributed by atoms with Crippen molar-refractivity contribution in [2.24, 2.45) is 0 Å². The number of benzene rings is 2. The van der Waals surface area contributed by atoms with Gasteiger partial charge in [-0.25, -0.2) is 0 Å². The molecular weight excluding hydrogens is 356 g/mol. The van der Waals surface area contributed by atoms with Crippen LogP contribution in [0.1, 0.15) is 29.3 Å². The normalized spacial score (nSPS) is 11.8. The molecule has 0 radical (unpaired) electrons. The molecule has 0 aromatic heterocycles. The quantitative estimate of drug-likeness (QED) is 0.714. The molecule has 2 rings (SSSR count). The van der Waals surface area contributed by atoms with Gasteiger partial charge in [-0.15, -0.1) is 0 Å². The summed E-state index contributed by atoms with van der Waals surface area (Å²) in [5, 5.41) is 2.89. The number of carbonyl (C=O) groups is 1. The minimum atomic E-state index is -2.96. The lowest BCUT2D eigenvalue weighted by Crippen LogP contribution is -2.32. The average Bonchev–Trinajstić information content (AvgIpc) is 2.66. The Balaban J connectivity index is 1.92. The Kier molecular flexibility index (Phi) is 7.40. The van der Waals surface area contributed by atoms with E-state index in [4.69, 9.17) is 9.47 Å². The molecular formula is C20H23F2NO4. The van der Waals surface area contributed by atoms with Crippen molar-refractivity contribution in [1.29, 1.82) is 0 Å². The van der Waals surface area contributed by atoms with Gasteiger partial charge in [-0.2, -0.15) is 8.78 Å². The van der Waals surface area contributed by atoms with E-state index in [1.165, 1.54) is 25.3 Å². The first-order valence-electron chi connectivity index (χ1n) is 8.49. The van der Waals surface area contributed by atoms with Gasteiger partial charge in [0.25, 0.3) is 5.91 Å². The number of aryl methyl sites for hydroxylation is 1. The topological polar surface area (TPSA) is 56.8 Å². The molecule has 2 aromatic carbocycles. The highest BCUT2D eigenvalue weighted by Crippen LogP contribution is 2.29. The van der Waals surface area contributed by atoms with Crippen molar-refractivity contribution in [2.75, 3.05) is 14.2 Å². The van der Waals surface area contributed by atoms with Crippen LogP contribution in [0, 0.1) is 0 Å². The smallest absolute Gasteiger partial charge is 0.387 e. The van der Waals surface area contributed by atoms with E-state index in [2.05, 4.69) is 10.1 Å². The van der Waals surface area contributed by atoms with Crippen molar-refractivity contribution >= 4 is 5.91 Å². The maximum Gasteiger partial charge on any atom is 0.387 e. The minimum absolute atomic E-state index is 0.0670. The molecule has 1 N–H and O–H groups in total. The van der Waals surface area contributed by atoms with Crippen molar-refractivity contribution in [3.63, 3.8) is 0 Å². The molecule has 0 aliphatic heterocycles. The first kappa shape index (κ1) is 20.5. The van der Waals surface area contributed by atoms with E-state index in [0.717, 1.165) is 24.2 Å². The highest BCUT2D eigenvalue weighted by Gasteiger charge is 2.15. The van der Waals surface area contributed by atoms with E-state index >= 15 is 0 Å². The minimum Gasteiger partial charge on any atom is -0.497 e. The second-order valence-electron chi connectivity index (χ2n) is 6.01. The third-order valence-electron chi connectivity index (χ3n) is 4.04. The Morgan fingerprint density at radius 3 is 2.33 bits per heavy atom. The van der Waals surface area contributed by atoms with Crippen LogP contribution in [0.3, 0.4) is 0 Å². The summed E-state index contributed by atoms with van der Waals surface area (Å²) < 4.78 is 39.2. The number of alkyl halides is 2. The summed E-state index contributed by atoms with van der Waals surface area (Å²) >= 11 is 0. The van der Waals surface area contributed by atoms with Gasteiger partial charge in [0.15, 0.2) is 11.5 Å². The van der Waals surface area contributed by atoms with Crippen LogP contribution in [0.25, 0.3) is 0 Å². The fraction of sp³-hybridized carbons (Fsp3) is 0.350. The number of hydrogen-bond donors (Lipinski definition) is 1. The predicted octanol–water partition coefficient (Wildman–Crippen LogP) is 4.06. The average molecular weight is 379 g/mol. The second-order valence-corrected chi connectivity index (χ2v) is 6.01. The number of hydrogen-bond acceptors (Lipinski definition) is 4. The van der Waals surface area contributed by atoms with Gasteiger partial charge in [-0.05, 0) is 55.7 Å². The molecule has 1 atom stereocenters. The monoisotopic (exact) mass is 379 g/mol. The lowest BCUT2D eigenvalue weighted by Gasteiger charge is -2.15. The number of ether oxygens (including phenoxy) is 3. The van der Waals surface area contributed by atoms with E-state index in [0.29, 0.717) is 5.56 Å². The van der Waals surface area contributed by atoms with E-state index in [1.807, 2.05) is 31.2 Å². The molecule has 0 aliphatic carbocycles. The first-order chi connectivity index (χ1) is 12.9. The summed E-state index contributed by atoms with van der Waals surface area (Å²) in [7, 11) is 2.95. The van der Waals surface area contributed by atoms with Gasteiger partial charge in [0.1, 0.15) is 5.75 Å². The van der Waals surface area contributed by atoms with Crippen LogP contribution < -0.4 is 19.5 Å². The Labute approximate surface area is 157 Å². The van der Waals surface area contributed by atoms with Gasteiger partial charge in [-0.1, -0.05) is 12.1 Å². The lowest BCUT2D eigenvalue weighted by molar-refractivity contribution is -0.0512. The van der Waals surface area contributed by atoms with Crippen LogP contribution in [-0.4, -0.2) is 32.8 Å². The van der Waals surface area contributed by atoms with E-state index < -0.39 is 6.61 Å². The zero-order chi connectivity index (χ0) is 19.8. The molecule has 0 saturated carbocycles. The maximum atomic E-state index is 12.4. The molecule has 0 spiro atoms. The van der Waals surface area contributed by atoms with Gasteiger partial charge in [0, 0.05) is 11.6 Å². The van der Waals surface area contributed by atoms with Crippen LogP contribution in [0.4, 0.5) is 8.78 Å². The van der Waals surface area contributed by atoms with Crippen molar-refractivity contribution in [3.05, 3.63) is 53.6 Å². The van der Waals surface area contributed by atoms with Crippen LogP contribution in [0.5, 0.6) is 17.2 Å². The maximum absolute atomic E-state index is 12.4. The number of methoxy groups -OCH3 is 2. The molecule has 27 heavy (non-hydrogen) atoms. The van der Waals surface area contributed by atoms with Gasteiger partial charge in [0.05, 0.1) is 14.2 Å². The number of rotatable bonds is 9. The van der Waals surface area contributed by atoms with Gasteiger partial charge in [0.2, 0.25) is 0 Å². The molecule has 0 fully saturated rings. The van der Waals surface area contributed by atoms with Crippen LogP contribution >= 0.6 is 0 Å². The molecule has 0 saturated heterocycles. The number of amides is 1. The Morgan fingerprint density at radius 1 is 1.04 bits per heavy atom. The summed E-state index contributed by atoms with van der Waals surface area (Å²) in [4.78, 5) is 12.4. The van der Waals surface area contributed by atoms with E-state index in [9.17, 15) is 13.6 Å². The zero-order valence-corrected chi connectivity index (χ0v) is 15.5. The SMILES string of the molecule is COc1ccc(CCC(C)NC(=O)c2ccc(OC(F)F)c(OC)c2)cc1. The molecule has 146 valence electrons. The van der Waals surface area contributed by atoms with Gasteiger partial charge < -0.3 is 19.5 Å². The lowest BCUT2D eigenvalue weighted by atomic mass is 10.1. The Bertz CT molecular complexity index is 750. The molecule has 0 heterocycles. The molecule has 7 heteroatoms. The summed E-state index contributed by atoms with van der Waals surface area (Å²) in [6, 6.07) is 11.8. The number of carbonyl (C=O) groups excluding carboxylic acids is 1. The fourth-order valence-electron chi connectivity index (χ4n) is 2.56. The molecule has 2 aromatic rings. The van der Waals surface area contributed by atoms with Crippen molar-refractivity contribution < 1.29 is 27.8 Å². The van der Waals surface area contributed by atoms with Crippen LogP contribution in [-0.2, 0) is 6.42 Å². The van der Waals surface area contributed by atoms with E-state index in [1.54, 1.807) is 7.11 Å². The molecule has 5 nitrogen and oxygen atoms in total. The highest BCUT2D eigenvalue weighted by atomic mass is 19.3. The summed E-state index contributed by atoms with van der Waals surface area (Å²) in [6.45, 7) is -1.05. The Hall–Kier alpha value is -2.83. The summed E-state index contributed by atoms with van der Waals surface area (Å²) in [5.74, 6) is 0.456. The van der Waals surface area contributed by atoms with Crippen LogP contribution in [0.15, 0.2) is 42.5 Å². The Morgan fingerprint density at radius 2 is 1.74 bits per heavy atom. The molecule has 1 unspecified atom stereocenters. The zero-order valence-electron chi connectivity index (χ0n) is 15.5. The summed E-state index contributed by atoms with van der Waals surface area (Å²) in [5.41, 5.74) is 1.46. The molecule has 0 aliphatic rings. The van der Waals surface area contributed by atoms with Gasteiger partial charge >= 0.3 is 6.61 Å². The first-order valence-corrected chi connectivity index (χ1v) is 8.49. The van der Waals surface area contributed by atoms with Crippen LogP contribution in [0.2, 0.25) is 0 Å². The fourth-order valence-corrected chi connectivity index (χ4v) is 2.56. The van der Waals surface area contributed by atoms with Crippen molar-refractivity contribution in [1.82, 2.24) is 5.32 Å². The molecule has 1 amide bonds. The highest BCUT2D eigenvalue weighted by molar-refractivity contribution is 5.95. The molecule has 0 bridgehead atoms. The third kappa shape index (κ3) is 6.13. The number of halogens is 2. The standard InChI is InChI=1S/C20H23F2NO4/c1-13(4-5-14-6-9-16(25-2)10-7-14)23-19(24)15-8-11-17(27-20(21)22)18(12-15)26-3/h6-13,20H,4-5H2,1-3H3,(H,23,24). The largest absolute Gasteiger partial charge is 0.497 e. The predicted molar refractivity (Wildman–Crippen MR) is 97.9 cm³/mol. The third-order valence-corrected chi connectivity index (χ3v) is 4.04. The van der Waals surface area contributed by atoms with Crippen molar-refractivity contribution in [3.8, 4) is 17.2 Å². The summed E-state index contributed by atoms with van der Waals surface area (Å²) in [6.07, 6.45) is 1.55. The number of nitrogens with one attached hydrogen (secondary N) is 1. The van der Waals surface area contributed by atoms with E-state index in [-0.39, 0.29) is 23.4 Å². The van der Waals surface area contributed by atoms with Crippen molar-refractivity contribution in [2.45, 2.75) is 32.4 Å².